The van der Waals surface area contributed by atoms with Gasteiger partial charge < -0.3 is 19.4 Å². The number of aryl methyl sites for hydroxylation is 2. The van der Waals surface area contributed by atoms with E-state index in [-0.39, 0.29) is 23.3 Å². The van der Waals surface area contributed by atoms with Gasteiger partial charge in [-0.2, -0.15) is 0 Å². The highest BCUT2D eigenvalue weighted by molar-refractivity contribution is 6.10. The van der Waals surface area contributed by atoms with E-state index in [0.29, 0.717) is 43.0 Å². The first-order chi connectivity index (χ1) is 17.5. The van der Waals surface area contributed by atoms with Crippen LogP contribution in [0.2, 0.25) is 0 Å². The second-order valence-corrected chi connectivity index (χ2v) is 9.99. The lowest BCUT2D eigenvalue weighted by atomic mass is 9.99. The van der Waals surface area contributed by atoms with Gasteiger partial charge in [-0.05, 0) is 56.0 Å². The standard InChI is InChI=1S/C28H30N4O4/c1-16-4-5-23-21(10-16)19(15-35-3)14-31(23)28(34)20-12-22-24(11-17(20)2)32-25(27(33)30-22)13-29-26(32)18-6-8-36-9-7-18/h4-5,10-13,18-19H,6-9,14-15H2,1-3H3,(H,30,33). The number of aromatic nitrogens is 3. The van der Waals surface area contributed by atoms with E-state index in [1.807, 2.05) is 40.5 Å². The van der Waals surface area contributed by atoms with E-state index in [1.54, 1.807) is 13.3 Å². The molecule has 186 valence electrons. The molecular weight excluding hydrogens is 456 g/mol. The number of nitrogens with one attached hydrogen (secondary N) is 1. The molecule has 0 aliphatic carbocycles. The van der Waals surface area contributed by atoms with Crippen molar-refractivity contribution in [2.24, 2.45) is 0 Å². The SMILES string of the molecule is COCC1CN(C(=O)c2cc3[nH]c(=O)c4cnc(C5CCOCC5)n4c3cc2C)c2ccc(C)cc21. The lowest BCUT2D eigenvalue weighted by Crippen LogP contribution is -2.31. The van der Waals surface area contributed by atoms with Crippen molar-refractivity contribution in [3.8, 4) is 0 Å². The summed E-state index contributed by atoms with van der Waals surface area (Å²) in [5, 5.41) is 0. The summed E-state index contributed by atoms with van der Waals surface area (Å²) in [7, 11) is 1.69. The molecule has 2 aliphatic rings. The van der Waals surface area contributed by atoms with Gasteiger partial charge in [-0.3, -0.25) is 14.0 Å². The number of benzene rings is 2. The highest BCUT2D eigenvalue weighted by Gasteiger charge is 2.33. The molecule has 8 nitrogen and oxygen atoms in total. The average Bonchev–Trinajstić information content (AvgIpc) is 3.48. The van der Waals surface area contributed by atoms with E-state index < -0.39 is 0 Å². The third-order valence-electron chi connectivity index (χ3n) is 7.60. The van der Waals surface area contributed by atoms with E-state index in [0.717, 1.165) is 46.6 Å². The third kappa shape index (κ3) is 3.63. The molecule has 2 aliphatic heterocycles. The Kier molecular flexibility index (Phi) is 5.65. The molecule has 1 N–H and O–H groups in total. The van der Waals surface area contributed by atoms with Crippen LogP contribution in [0.25, 0.3) is 16.6 Å². The van der Waals surface area contributed by atoms with Crippen LogP contribution in [-0.2, 0) is 9.47 Å². The first-order valence-corrected chi connectivity index (χ1v) is 12.5. The zero-order chi connectivity index (χ0) is 25.0. The molecule has 0 saturated carbocycles. The fourth-order valence-electron chi connectivity index (χ4n) is 5.76. The number of imidazole rings is 1. The maximum Gasteiger partial charge on any atom is 0.274 e. The first-order valence-electron chi connectivity index (χ1n) is 12.5. The normalized spacial score (nSPS) is 18.3. The second-order valence-electron chi connectivity index (χ2n) is 9.99. The molecule has 1 amide bonds. The molecule has 1 fully saturated rings. The van der Waals surface area contributed by atoms with Crippen LogP contribution in [0.15, 0.2) is 41.3 Å². The zero-order valence-corrected chi connectivity index (χ0v) is 20.8. The Hall–Kier alpha value is -3.49. The number of rotatable bonds is 4. The number of carbonyl (C=O) groups excluding carboxylic acids is 1. The molecule has 0 spiro atoms. The largest absolute Gasteiger partial charge is 0.384 e. The Morgan fingerprint density at radius 2 is 1.97 bits per heavy atom. The van der Waals surface area contributed by atoms with Gasteiger partial charge in [0.25, 0.3) is 11.5 Å². The number of ether oxygens (including phenoxy) is 2. The Balaban J connectivity index is 1.45. The Morgan fingerprint density at radius 3 is 2.75 bits per heavy atom. The van der Waals surface area contributed by atoms with Gasteiger partial charge >= 0.3 is 0 Å². The van der Waals surface area contributed by atoms with Crippen molar-refractivity contribution in [1.82, 2.24) is 14.4 Å². The molecule has 4 aromatic rings. The van der Waals surface area contributed by atoms with Crippen LogP contribution in [0, 0.1) is 13.8 Å². The summed E-state index contributed by atoms with van der Waals surface area (Å²) < 4.78 is 12.9. The van der Waals surface area contributed by atoms with Crippen LogP contribution in [-0.4, -0.2) is 53.8 Å². The number of anilines is 1. The van der Waals surface area contributed by atoms with Gasteiger partial charge in [0.1, 0.15) is 11.3 Å². The van der Waals surface area contributed by atoms with Crippen molar-refractivity contribution in [3.63, 3.8) is 0 Å². The fraction of sp³-hybridized carbons (Fsp3) is 0.393. The van der Waals surface area contributed by atoms with Crippen molar-refractivity contribution in [3.05, 3.63) is 75.0 Å². The lowest BCUT2D eigenvalue weighted by Gasteiger charge is -2.22. The van der Waals surface area contributed by atoms with Crippen LogP contribution in [0.1, 0.15) is 57.6 Å². The smallest absolute Gasteiger partial charge is 0.274 e. The molecule has 36 heavy (non-hydrogen) atoms. The van der Waals surface area contributed by atoms with Crippen molar-refractivity contribution in [2.45, 2.75) is 38.5 Å². The second kappa shape index (κ2) is 8.87. The number of fused-ring (bicyclic) bond motifs is 4. The van der Waals surface area contributed by atoms with Crippen molar-refractivity contribution < 1.29 is 14.3 Å². The summed E-state index contributed by atoms with van der Waals surface area (Å²) in [6, 6.07) is 10.0. The van der Waals surface area contributed by atoms with Gasteiger partial charge in [0.2, 0.25) is 0 Å². The van der Waals surface area contributed by atoms with E-state index in [9.17, 15) is 9.59 Å². The minimum atomic E-state index is -0.210. The van der Waals surface area contributed by atoms with E-state index in [2.05, 4.69) is 23.0 Å². The van der Waals surface area contributed by atoms with Gasteiger partial charge in [-0.25, -0.2) is 4.98 Å². The Morgan fingerprint density at radius 1 is 1.17 bits per heavy atom. The van der Waals surface area contributed by atoms with Gasteiger partial charge in [0.05, 0.1) is 23.8 Å². The van der Waals surface area contributed by atoms with Crippen molar-refractivity contribution in [2.75, 3.05) is 38.4 Å². The van der Waals surface area contributed by atoms with Crippen molar-refractivity contribution >= 4 is 28.1 Å². The topological polar surface area (TPSA) is 88.9 Å². The molecule has 6 rings (SSSR count). The average molecular weight is 487 g/mol. The number of hydrogen-bond acceptors (Lipinski definition) is 5. The summed E-state index contributed by atoms with van der Waals surface area (Å²) in [6.07, 6.45) is 3.40. The molecule has 4 heterocycles. The molecule has 2 aromatic heterocycles. The molecular formula is C28H30N4O4. The van der Waals surface area contributed by atoms with E-state index in [4.69, 9.17) is 9.47 Å². The molecule has 1 atom stereocenters. The highest BCUT2D eigenvalue weighted by Crippen LogP contribution is 2.38. The number of nitrogens with zero attached hydrogens (tertiary/aromatic N) is 3. The van der Waals surface area contributed by atoms with Crippen molar-refractivity contribution in [1.29, 1.82) is 0 Å². The van der Waals surface area contributed by atoms with Crippen LogP contribution >= 0.6 is 0 Å². The monoisotopic (exact) mass is 486 g/mol. The number of aromatic amines is 1. The quantitative estimate of drug-likeness (QED) is 0.470. The lowest BCUT2D eigenvalue weighted by molar-refractivity contribution is 0.0835. The van der Waals surface area contributed by atoms with Gasteiger partial charge in [0.15, 0.2) is 0 Å². The number of carbonyl (C=O) groups is 1. The number of amides is 1. The summed E-state index contributed by atoms with van der Waals surface area (Å²) >= 11 is 0. The van der Waals surface area contributed by atoms with Gasteiger partial charge in [-0.15, -0.1) is 0 Å². The van der Waals surface area contributed by atoms with Crippen LogP contribution < -0.4 is 10.5 Å². The Bertz CT molecular complexity index is 1550. The number of H-pyrrole nitrogens is 1. The molecule has 0 bridgehead atoms. The third-order valence-corrected chi connectivity index (χ3v) is 7.60. The molecule has 2 aromatic carbocycles. The fourth-order valence-corrected chi connectivity index (χ4v) is 5.76. The first kappa shape index (κ1) is 22.9. The molecule has 8 heteroatoms. The van der Waals surface area contributed by atoms with Gasteiger partial charge in [0, 0.05) is 50.0 Å². The minimum absolute atomic E-state index is 0.0747. The summed E-state index contributed by atoms with van der Waals surface area (Å²) in [6.45, 7) is 6.52. The predicted octanol–water partition coefficient (Wildman–Crippen LogP) is 4.08. The predicted molar refractivity (Wildman–Crippen MR) is 138 cm³/mol. The number of methoxy groups -OCH3 is 1. The van der Waals surface area contributed by atoms with Crippen LogP contribution in [0.5, 0.6) is 0 Å². The summed E-state index contributed by atoms with van der Waals surface area (Å²) in [5.74, 6) is 1.17. The van der Waals surface area contributed by atoms with Gasteiger partial charge in [-0.1, -0.05) is 17.7 Å². The number of hydrogen-bond donors (Lipinski definition) is 1. The maximum absolute atomic E-state index is 13.9. The maximum atomic E-state index is 13.9. The summed E-state index contributed by atoms with van der Waals surface area (Å²) in [5.41, 5.74) is 6.45. The van der Waals surface area contributed by atoms with Crippen LogP contribution in [0.4, 0.5) is 5.69 Å². The molecule has 0 radical (unpaired) electrons. The molecule has 1 saturated heterocycles. The highest BCUT2D eigenvalue weighted by atomic mass is 16.5. The minimum Gasteiger partial charge on any atom is -0.384 e. The Labute approximate surface area is 208 Å². The van der Waals surface area contributed by atoms with E-state index >= 15 is 0 Å². The van der Waals surface area contributed by atoms with Crippen LogP contribution in [0.3, 0.4) is 0 Å². The summed E-state index contributed by atoms with van der Waals surface area (Å²) in [4.78, 5) is 36.3. The van der Waals surface area contributed by atoms with E-state index in [1.165, 1.54) is 0 Å². The molecule has 1 unspecified atom stereocenters. The zero-order valence-electron chi connectivity index (χ0n) is 20.8.